The molecule has 0 fully saturated rings. The predicted molar refractivity (Wildman–Crippen MR) is 46.5 cm³/mol. The number of pyridine rings is 1. The minimum atomic E-state index is -0.625. The molecule has 0 saturated heterocycles. The molecule has 1 heterocycles. The Kier molecular flexibility index (Phi) is 3.39. The van der Waals surface area contributed by atoms with Gasteiger partial charge < -0.3 is 9.47 Å². The van der Waals surface area contributed by atoms with Gasteiger partial charge in [-0.15, -0.1) is 0 Å². The van der Waals surface area contributed by atoms with Crippen molar-refractivity contribution in [2.45, 2.75) is 6.42 Å². The molecule has 1 aromatic heterocycles. The van der Waals surface area contributed by atoms with Gasteiger partial charge in [0.15, 0.2) is 5.82 Å². The Morgan fingerprint density at radius 1 is 1.57 bits per heavy atom. The minimum absolute atomic E-state index is 0.119. The molecule has 0 radical (unpaired) electrons. The smallest absolute Gasteiger partial charge is 0.310 e. The number of halogens is 1. The van der Waals surface area contributed by atoms with Crippen molar-refractivity contribution < 1.29 is 18.7 Å². The van der Waals surface area contributed by atoms with Gasteiger partial charge in [-0.2, -0.15) is 0 Å². The summed E-state index contributed by atoms with van der Waals surface area (Å²) in [6.45, 7) is 0. The first-order chi connectivity index (χ1) is 6.69. The van der Waals surface area contributed by atoms with Gasteiger partial charge in [-0.1, -0.05) is 0 Å². The van der Waals surface area contributed by atoms with E-state index in [9.17, 15) is 9.18 Å². The third-order valence-electron chi connectivity index (χ3n) is 1.69. The van der Waals surface area contributed by atoms with Crippen LogP contribution in [0.3, 0.4) is 0 Å². The van der Waals surface area contributed by atoms with E-state index in [4.69, 9.17) is 0 Å². The first-order valence-electron chi connectivity index (χ1n) is 3.93. The maximum absolute atomic E-state index is 13.4. The summed E-state index contributed by atoms with van der Waals surface area (Å²) in [5, 5.41) is 0. The predicted octanol–water partition coefficient (Wildman–Crippen LogP) is 0.945. The number of ether oxygens (including phenoxy) is 2. The van der Waals surface area contributed by atoms with Crippen LogP contribution >= 0.6 is 0 Å². The van der Waals surface area contributed by atoms with Crippen molar-refractivity contribution in [3.63, 3.8) is 0 Å². The summed E-state index contributed by atoms with van der Waals surface area (Å²) in [4.78, 5) is 14.5. The standard InChI is InChI=1S/C9H10FNO3/c1-13-7(12)5-6-3-4-11-9(14-2)8(6)10/h3-4H,5H2,1-2H3. The number of aromatic nitrogens is 1. The highest BCUT2D eigenvalue weighted by Gasteiger charge is 2.12. The van der Waals surface area contributed by atoms with Crippen LogP contribution in [0.15, 0.2) is 12.3 Å². The molecule has 76 valence electrons. The lowest BCUT2D eigenvalue weighted by molar-refractivity contribution is -0.139. The fraction of sp³-hybridized carbons (Fsp3) is 0.333. The van der Waals surface area contributed by atoms with Gasteiger partial charge in [0.05, 0.1) is 20.6 Å². The zero-order valence-corrected chi connectivity index (χ0v) is 7.91. The molecule has 0 aliphatic carbocycles. The number of hydrogen-bond acceptors (Lipinski definition) is 4. The molecule has 0 bridgehead atoms. The number of esters is 1. The van der Waals surface area contributed by atoms with Crippen LogP contribution in [0, 0.1) is 5.82 Å². The normalized spacial score (nSPS) is 9.64. The molecule has 14 heavy (non-hydrogen) atoms. The summed E-state index contributed by atoms with van der Waals surface area (Å²) in [6, 6.07) is 1.41. The molecule has 0 unspecified atom stereocenters. The first kappa shape index (κ1) is 10.4. The molecule has 1 aromatic rings. The van der Waals surface area contributed by atoms with Crippen molar-refractivity contribution in [1.82, 2.24) is 4.98 Å². The molecule has 0 spiro atoms. The molecule has 4 nitrogen and oxygen atoms in total. The number of carbonyl (C=O) groups excluding carboxylic acids is 1. The Bertz CT molecular complexity index is 341. The van der Waals surface area contributed by atoms with Crippen LogP contribution in [-0.4, -0.2) is 25.2 Å². The van der Waals surface area contributed by atoms with Crippen LogP contribution in [0.2, 0.25) is 0 Å². The van der Waals surface area contributed by atoms with Crippen LogP contribution in [0.1, 0.15) is 5.56 Å². The summed E-state index contributed by atoms with van der Waals surface area (Å²) < 4.78 is 22.5. The Morgan fingerprint density at radius 3 is 2.86 bits per heavy atom. The van der Waals surface area contributed by atoms with Crippen molar-refractivity contribution in [3.8, 4) is 5.88 Å². The van der Waals surface area contributed by atoms with E-state index in [2.05, 4.69) is 14.5 Å². The van der Waals surface area contributed by atoms with Gasteiger partial charge in [0.1, 0.15) is 0 Å². The van der Waals surface area contributed by atoms with Gasteiger partial charge in [0, 0.05) is 11.8 Å². The molecule has 0 aliphatic rings. The number of methoxy groups -OCH3 is 2. The SMILES string of the molecule is COC(=O)Cc1ccnc(OC)c1F. The number of carbonyl (C=O) groups is 1. The lowest BCUT2D eigenvalue weighted by atomic mass is 10.2. The second-order valence-corrected chi connectivity index (χ2v) is 2.55. The number of nitrogens with zero attached hydrogens (tertiary/aromatic N) is 1. The average Bonchev–Trinajstić information content (AvgIpc) is 2.21. The van der Waals surface area contributed by atoms with E-state index in [1.807, 2.05) is 0 Å². The van der Waals surface area contributed by atoms with Gasteiger partial charge >= 0.3 is 5.97 Å². The topological polar surface area (TPSA) is 48.4 Å². The van der Waals surface area contributed by atoms with Crippen LogP contribution in [0.4, 0.5) is 4.39 Å². The molecule has 5 heteroatoms. The van der Waals surface area contributed by atoms with Crippen LogP contribution < -0.4 is 4.74 Å². The highest BCUT2D eigenvalue weighted by molar-refractivity contribution is 5.72. The molecule has 0 saturated carbocycles. The summed E-state index contributed by atoms with van der Waals surface area (Å²) in [5.41, 5.74) is 0.212. The summed E-state index contributed by atoms with van der Waals surface area (Å²) in [6.07, 6.45) is 1.25. The lowest BCUT2D eigenvalue weighted by Crippen LogP contribution is -2.07. The quantitative estimate of drug-likeness (QED) is 0.680. The molecular weight excluding hydrogens is 189 g/mol. The molecule has 0 amide bonds. The molecular formula is C9H10FNO3. The van der Waals surface area contributed by atoms with E-state index in [-0.39, 0.29) is 17.9 Å². The third-order valence-corrected chi connectivity index (χ3v) is 1.69. The fourth-order valence-electron chi connectivity index (χ4n) is 0.969. The Balaban J connectivity index is 2.92. The van der Waals surface area contributed by atoms with Crippen LogP contribution in [-0.2, 0) is 16.0 Å². The minimum Gasteiger partial charge on any atom is -0.479 e. The van der Waals surface area contributed by atoms with E-state index >= 15 is 0 Å². The molecule has 0 N–H and O–H groups in total. The van der Waals surface area contributed by atoms with E-state index in [0.717, 1.165) is 0 Å². The van der Waals surface area contributed by atoms with Crippen LogP contribution in [0.5, 0.6) is 5.88 Å². The van der Waals surface area contributed by atoms with Crippen molar-refractivity contribution in [3.05, 3.63) is 23.6 Å². The molecule has 0 atom stereocenters. The summed E-state index contributed by atoms with van der Waals surface area (Å²) in [7, 11) is 2.56. The number of hydrogen-bond donors (Lipinski definition) is 0. The second kappa shape index (κ2) is 4.55. The van der Waals surface area contributed by atoms with Crippen LogP contribution in [0.25, 0.3) is 0 Å². The van der Waals surface area contributed by atoms with E-state index in [0.29, 0.717) is 0 Å². The number of rotatable bonds is 3. The maximum atomic E-state index is 13.4. The first-order valence-corrected chi connectivity index (χ1v) is 3.93. The van der Waals surface area contributed by atoms with E-state index in [1.54, 1.807) is 0 Å². The van der Waals surface area contributed by atoms with Gasteiger partial charge in [0.25, 0.3) is 0 Å². The molecule has 1 rings (SSSR count). The van der Waals surface area contributed by atoms with E-state index < -0.39 is 11.8 Å². The second-order valence-electron chi connectivity index (χ2n) is 2.55. The average molecular weight is 199 g/mol. The zero-order valence-electron chi connectivity index (χ0n) is 7.91. The van der Waals surface area contributed by atoms with Crippen molar-refractivity contribution in [2.75, 3.05) is 14.2 Å². The Morgan fingerprint density at radius 2 is 2.29 bits per heavy atom. The Labute approximate surface area is 80.7 Å². The Hall–Kier alpha value is -1.65. The third kappa shape index (κ3) is 2.18. The highest BCUT2D eigenvalue weighted by Crippen LogP contribution is 2.17. The lowest BCUT2D eigenvalue weighted by Gasteiger charge is -2.04. The van der Waals surface area contributed by atoms with E-state index in [1.165, 1.54) is 26.5 Å². The molecule has 0 aromatic carbocycles. The zero-order chi connectivity index (χ0) is 10.6. The summed E-state index contributed by atoms with van der Waals surface area (Å²) in [5.74, 6) is -1.25. The highest BCUT2D eigenvalue weighted by atomic mass is 19.1. The van der Waals surface area contributed by atoms with Gasteiger partial charge in [0.2, 0.25) is 5.88 Å². The summed E-state index contributed by atoms with van der Waals surface area (Å²) >= 11 is 0. The van der Waals surface area contributed by atoms with Crippen molar-refractivity contribution >= 4 is 5.97 Å². The van der Waals surface area contributed by atoms with Crippen molar-refractivity contribution in [1.29, 1.82) is 0 Å². The monoisotopic (exact) mass is 199 g/mol. The largest absolute Gasteiger partial charge is 0.479 e. The van der Waals surface area contributed by atoms with Gasteiger partial charge in [-0.05, 0) is 6.07 Å². The van der Waals surface area contributed by atoms with Gasteiger partial charge in [-0.3, -0.25) is 4.79 Å². The van der Waals surface area contributed by atoms with Gasteiger partial charge in [-0.25, -0.2) is 9.37 Å². The fourth-order valence-corrected chi connectivity index (χ4v) is 0.969. The van der Waals surface area contributed by atoms with Crippen molar-refractivity contribution in [2.24, 2.45) is 0 Å². The maximum Gasteiger partial charge on any atom is 0.310 e. The molecule has 0 aliphatic heterocycles.